The van der Waals surface area contributed by atoms with Gasteiger partial charge in [0.2, 0.25) is 0 Å². The summed E-state index contributed by atoms with van der Waals surface area (Å²) in [6.45, 7) is 9.83. The molecule has 0 amide bonds. The Kier molecular flexibility index (Phi) is 7.14. The number of hydrogen-bond donors (Lipinski definition) is 0. The first-order chi connectivity index (χ1) is 15.9. The molecule has 1 unspecified atom stereocenters. The second kappa shape index (κ2) is 10.2. The van der Waals surface area contributed by atoms with Crippen molar-refractivity contribution in [3.63, 3.8) is 0 Å². The molecular weight excluding hydrogens is 434 g/mol. The lowest BCUT2D eigenvalue weighted by Crippen LogP contribution is -2.37. The van der Waals surface area contributed by atoms with Crippen LogP contribution in [0.2, 0.25) is 5.02 Å². The van der Waals surface area contributed by atoms with Gasteiger partial charge in [0.1, 0.15) is 23.9 Å². The summed E-state index contributed by atoms with van der Waals surface area (Å²) in [5.74, 6) is 2.51. The fourth-order valence-corrected chi connectivity index (χ4v) is 4.41. The van der Waals surface area contributed by atoms with Gasteiger partial charge in [0.15, 0.2) is 0 Å². The molecule has 5 heteroatoms. The van der Waals surface area contributed by atoms with Crippen LogP contribution in [0.3, 0.4) is 0 Å². The predicted molar refractivity (Wildman–Crippen MR) is 134 cm³/mol. The zero-order valence-corrected chi connectivity index (χ0v) is 20.1. The number of benzene rings is 3. The third-order valence-electron chi connectivity index (χ3n) is 5.82. The summed E-state index contributed by atoms with van der Waals surface area (Å²) in [5.41, 5.74) is 4.47. The van der Waals surface area contributed by atoms with E-state index in [4.69, 9.17) is 25.8 Å². The van der Waals surface area contributed by atoms with Crippen molar-refractivity contribution < 1.29 is 14.2 Å². The van der Waals surface area contributed by atoms with Gasteiger partial charge in [-0.25, -0.2) is 0 Å². The van der Waals surface area contributed by atoms with Crippen LogP contribution in [0, 0.1) is 0 Å². The highest BCUT2D eigenvalue weighted by atomic mass is 35.5. The van der Waals surface area contributed by atoms with Crippen molar-refractivity contribution >= 4 is 17.3 Å². The molecule has 4 nitrogen and oxygen atoms in total. The van der Waals surface area contributed by atoms with Gasteiger partial charge < -0.3 is 19.1 Å². The Bertz CT molecular complexity index is 1110. The molecule has 0 saturated carbocycles. The zero-order chi connectivity index (χ0) is 23.4. The molecule has 172 valence electrons. The molecule has 3 aromatic rings. The first-order valence-corrected chi connectivity index (χ1v) is 11.6. The van der Waals surface area contributed by atoms with Crippen LogP contribution in [0.4, 0.5) is 0 Å². The van der Waals surface area contributed by atoms with Crippen LogP contribution in [0.15, 0.2) is 73.3 Å². The van der Waals surface area contributed by atoms with Gasteiger partial charge in [0, 0.05) is 17.3 Å². The van der Waals surface area contributed by atoms with Gasteiger partial charge in [0.25, 0.3) is 0 Å². The molecular formula is C28H30ClNO3. The molecule has 0 spiro atoms. The molecule has 1 heterocycles. The summed E-state index contributed by atoms with van der Waals surface area (Å²) in [4.78, 5) is 2.32. The van der Waals surface area contributed by atoms with Crippen LogP contribution in [0.1, 0.15) is 36.6 Å². The van der Waals surface area contributed by atoms with Crippen molar-refractivity contribution in [3.05, 3.63) is 95.0 Å². The van der Waals surface area contributed by atoms with E-state index in [9.17, 15) is 0 Å². The van der Waals surface area contributed by atoms with Crippen LogP contribution in [-0.2, 0) is 6.42 Å². The Labute approximate surface area is 201 Å². The Morgan fingerprint density at radius 1 is 1.03 bits per heavy atom. The molecule has 0 radical (unpaired) electrons. The predicted octanol–water partition coefficient (Wildman–Crippen LogP) is 6.78. The molecule has 1 atom stereocenters. The Morgan fingerprint density at radius 2 is 1.76 bits per heavy atom. The highest BCUT2D eigenvalue weighted by Crippen LogP contribution is 2.37. The normalized spacial score (nSPS) is 15.2. The van der Waals surface area contributed by atoms with E-state index in [2.05, 4.69) is 23.6 Å². The highest BCUT2D eigenvalue weighted by molar-refractivity contribution is 6.30. The monoisotopic (exact) mass is 463 g/mol. The summed E-state index contributed by atoms with van der Waals surface area (Å²) in [7, 11) is 1.66. The van der Waals surface area contributed by atoms with Gasteiger partial charge in [-0.05, 0) is 85.5 Å². The molecule has 0 N–H and O–H groups in total. The summed E-state index contributed by atoms with van der Waals surface area (Å²) >= 11 is 6.26. The van der Waals surface area contributed by atoms with E-state index in [0.29, 0.717) is 11.6 Å². The van der Waals surface area contributed by atoms with E-state index in [1.54, 1.807) is 7.11 Å². The molecule has 0 aliphatic carbocycles. The van der Waals surface area contributed by atoms with Crippen LogP contribution in [0.25, 0.3) is 5.70 Å². The van der Waals surface area contributed by atoms with Crippen molar-refractivity contribution in [1.82, 2.24) is 4.90 Å². The maximum atomic E-state index is 6.26. The van der Waals surface area contributed by atoms with Gasteiger partial charge in [0.05, 0.1) is 19.3 Å². The molecule has 0 fully saturated rings. The molecule has 1 aliphatic heterocycles. The molecule has 3 aromatic carbocycles. The minimum atomic E-state index is 0.00966. The SMILES string of the molecule is C=C(c1cccc(Cl)c1)N1CCc2cc(OC(C)C)ccc2C1COc1ccc(OC)cc1. The van der Waals surface area contributed by atoms with E-state index in [0.717, 1.165) is 41.5 Å². The maximum absolute atomic E-state index is 6.26. The second-order valence-electron chi connectivity index (χ2n) is 8.43. The number of nitrogens with zero attached hydrogens (tertiary/aromatic N) is 1. The first kappa shape index (κ1) is 23.1. The summed E-state index contributed by atoms with van der Waals surface area (Å²) < 4.78 is 17.4. The van der Waals surface area contributed by atoms with Gasteiger partial charge in [-0.15, -0.1) is 0 Å². The van der Waals surface area contributed by atoms with Gasteiger partial charge >= 0.3 is 0 Å². The van der Waals surface area contributed by atoms with Crippen LogP contribution in [-0.4, -0.2) is 31.3 Å². The molecule has 1 aliphatic rings. The van der Waals surface area contributed by atoms with Crippen molar-refractivity contribution in [2.75, 3.05) is 20.3 Å². The molecule has 0 aromatic heterocycles. The molecule has 4 rings (SSSR count). The average molecular weight is 464 g/mol. The van der Waals surface area contributed by atoms with Gasteiger partial charge in [-0.2, -0.15) is 0 Å². The van der Waals surface area contributed by atoms with Crippen molar-refractivity contribution in [2.24, 2.45) is 0 Å². The lowest BCUT2D eigenvalue weighted by molar-refractivity contribution is 0.180. The van der Waals surface area contributed by atoms with E-state index in [-0.39, 0.29) is 12.1 Å². The van der Waals surface area contributed by atoms with Crippen LogP contribution in [0.5, 0.6) is 17.2 Å². The van der Waals surface area contributed by atoms with E-state index < -0.39 is 0 Å². The lowest BCUT2D eigenvalue weighted by atomic mass is 9.91. The fourth-order valence-electron chi connectivity index (χ4n) is 4.22. The van der Waals surface area contributed by atoms with E-state index in [1.807, 2.05) is 68.4 Å². The van der Waals surface area contributed by atoms with Crippen LogP contribution < -0.4 is 14.2 Å². The molecule has 0 saturated heterocycles. The summed E-state index contributed by atoms with van der Waals surface area (Å²) in [6.07, 6.45) is 1.04. The van der Waals surface area contributed by atoms with E-state index in [1.165, 1.54) is 11.1 Å². The van der Waals surface area contributed by atoms with E-state index >= 15 is 0 Å². The number of fused-ring (bicyclic) bond motifs is 1. The number of methoxy groups -OCH3 is 1. The fraction of sp³-hybridized carbons (Fsp3) is 0.286. The standard InChI is InChI=1S/C28H30ClNO3/c1-19(2)33-26-12-13-27-22(17-26)14-15-30(20(3)21-6-5-7-23(29)16-21)28(27)18-32-25-10-8-24(31-4)9-11-25/h5-13,16-17,19,28H,3,14-15,18H2,1-2,4H3. The first-order valence-electron chi connectivity index (χ1n) is 11.2. The minimum Gasteiger partial charge on any atom is -0.497 e. The number of ether oxygens (including phenoxy) is 3. The number of hydrogen-bond acceptors (Lipinski definition) is 4. The van der Waals surface area contributed by atoms with Gasteiger partial charge in [-0.1, -0.05) is 36.4 Å². The Hall–Kier alpha value is -3.11. The Morgan fingerprint density at radius 3 is 2.45 bits per heavy atom. The van der Waals surface area contributed by atoms with Crippen molar-refractivity contribution in [3.8, 4) is 17.2 Å². The minimum absolute atomic E-state index is 0.00966. The number of halogens is 1. The quantitative estimate of drug-likeness (QED) is 0.368. The summed E-state index contributed by atoms with van der Waals surface area (Å²) in [5, 5.41) is 0.701. The lowest BCUT2D eigenvalue weighted by Gasteiger charge is -2.40. The average Bonchev–Trinajstić information content (AvgIpc) is 2.81. The molecule has 33 heavy (non-hydrogen) atoms. The topological polar surface area (TPSA) is 30.9 Å². The number of rotatable bonds is 8. The largest absolute Gasteiger partial charge is 0.497 e. The molecule has 0 bridgehead atoms. The second-order valence-corrected chi connectivity index (χ2v) is 8.87. The van der Waals surface area contributed by atoms with Crippen molar-refractivity contribution in [1.29, 1.82) is 0 Å². The van der Waals surface area contributed by atoms with Crippen molar-refractivity contribution in [2.45, 2.75) is 32.4 Å². The maximum Gasteiger partial charge on any atom is 0.119 e. The highest BCUT2D eigenvalue weighted by Gasteiger charge is 2.30. The third-order valence-corrected chi connectivity index (χ3v) is 6.05. The van der Waals surface area contributed by atoms with Crippen LogP contribution >= 0.6 is 11.6 Å². The smallest absolute Gasteiger partial charge is 0.119 e. The Balaban J connectivity index is 1.63. The summed E-state index contributed by atoms with van der Waals surface area (Å²) in [6, 6.07) is 21.9. The zero-order valence-electron chi connectivity index (χ0n) is 19.4. The third kappa shape index (κ3) is 5.45. The van der Waals surface area contributed by atoms with Gasteiger partial charge in [-0.3, -0.25) is 0 Å².